The van der Waals surface area contributed by atoms with E-state index in [1.165, 1.54) is 11.1 Å². The van der Waals surface area contributed by atoms with Crippen LogP contribution < -0.4 is 4.90 Å². The average Bonchev–Trinajstić information content (AvgIpc) is 2.75. The number of piperidine rings is 1. The SMILES string of the molecule is CC(C)c1ccc(CN2CC[C@@H](N3CCN(c4ccccn4)CC3)[C@H](O)C2)cc1. The minimum atomic E-state index is -0.278. The number of pyridine rings is 1. The van der Waals surface area contributed by atoms with E-state index in [0.29, 0.717) is 5.92 Å². The molecule has 4 rings (SSSR count). The summed E-state index contributed by atoms with van der Waals surface area (Å²) in [6, 6.07) is 15.3. The van der Waals surface area contributed by atoms with Crippen LogP contribution in [0, 0.1) is 0 Å². The van der Waals surface area contributed by atoms with Crippen LogP contribution in [0.1, 0.15) is 37.3 Å². The number of aliphatic hydroxyl groups is 1. The highest BCUT2D eigenvalue weighted by molar-refractivity contribution is 5.38. The molecular weight excluding hydrogens is 360 g/mol. The van der Waals surface area contributed by atoms with E-state index in [0.717, 1.165) is 58.1 Å². The lowest BCUT2D eigenvalue weighted by molar-refractivity contribution is -0.0172. The average molecular weight is 395 g/mol. The van der Waals surface area contributed by atoms with Crippen molar-refractivity contribution in [2.75, 3.05) is 44.2 Å². The van der Waals surface area contributed by atoms with Crippen LogP contribution in [0.4, 0.5) is 5.82 Å². The minimum absolute atomic E-state index is 0.278. The van der Waals surface area contributed by atoms with Crippen molar-refractivity contribution in [1.29, 1.82) is 0 Å². The van der Waals surface area contributed by atoms with Gasteiger partial charge in [-0.05, 0) is 35.6 Å². The Morgan fingerprint density at radius 2 is 1.76 bits per heavy atom. The summed E-state index contributed by atoms with van der Waals surface area (Å²) in [7, 11) is 0. The standard InChI is InChI=1S/C24H34N4O/c1-19(2)21-8-6-20(7-9-21)17-26-12-10-22(23(29)18-26)27-13-15-28(16-14-27)24-5-3-4-11-25-24/h3-9,11,19,22-23,29H,10,12-18H2,1-2H3/t22-,23-/m1/s1. The number of β-amino-alcohol motifs (C(OH)–C–C–N with tert-alkyl or cyclic N) is 1. The molecule has 1 aromatic heterocycles. The van der Waals surface area contributed by atoms with Crippen LogP contribution in [0.15, 0.2) is 48.7 Å². The molecule has 2 fully saturated rings. The fraction of sp³-hybridized carbons (Fsp3) is 0.542. The lowest BCUT2D eigenvalue weighted by Crippen LogP contribution is -2.58. The van der Waals surface area contributed by atoms with Gasteiger partial charge in [0.1, 0.15) is 5.82 Å². The van der Waals surface area contributed by atoms with Gasteiger partial charge in [-0.3, -0.25) is 9.80 Å². The van der Waals surface area contributed by atoms with Gasteiger partial charge in [0.25, 0.3) is 0 Å². The maximum Gasteiger partial charge on any atom is 0.128 e. The molecule has 0 unspecified atom stereocenters. The number of rotatable bonds is 5. The molecule has 29 heavy (non-hydrogen) atoms. The van der Waals surface area contributed by atoms with E-state index in [4.69, 9.17) is 0 Å². The first-order valence-corrected chi connectivity index (χ1v) is 11.0. The third-order valence-electron chi connectivity index (χ3n) is 6.44. The van der Waals surface area contributed by atoms with Crippen molar-refractivity contribution >= 4 is 5.82 Å². The topological polar surface area (TPSA) is 42.8 Å². The summed E-state index contributed by atoms with van der Waals surface area (Å²) in [5.41, 5.74) is 2.72. The first-order valence-electron chi connectivity index (χ1n) is 11.0. The molecule has 0 aliphatic carbocycles. The number of aliphatic hydroxyl groups excluding tert-OH is 1. The quantitative estimate of drug-likeness (QED) is 0.845. The van der Waals surface area contributed by atoms with Crippen LogP contribution in [0.5, 0.6) is 0 Å². The van der Waals surface area contributed by atoms with Gasteiger partial charge >= 0.3 is 0 Å². The normalized spacial score (nSPS) is 24.2. The Bertz CT molecular complexity index is 756. The lowest BCUT2D eigenvalue weighted by atomic mass is 9.98. The molecule has 2 saturated heterocycles. The van der Waals surface area contributed by atoms with Gasteiger partial charge in [0, 0.05) is 58.1 Å². The third-order valence-corrected chi connectivity index (χ3v) is 6.44. The van der Waals surface area contributed by atoms with Gasteiger partial charge in [-0.15, -0.1) is 0 Å². The fourth-order valence-electron chi connectivity index (χ4n) is 4.64. The second kappa shape index (κ2) is 9.24. The Balaban J connectivity index is 1.27. The molecule has 1 N–H and O–H groups in total. The first kappa shape index (κ1) is 20.3. The zero-order valence-electron chi connectivity index (χ0n) is 17.7. The van der Waals surface area contributed by atoms with Crippen molar-refractivity contribution in [1.82, 2.24) is 14.8 Å². The Morgan fingerprint density at radius 1 is 1.00 bits per heavy atom. The van der Waals surface area contributed by atoms with Gasteiger partial charge in [0.15, 0.2) is 0 Å². The van der Waals surface area contributed by atoms with Crippen molar-refractivity contribution in [2.24, 2.45) is 0 Å². The van der Waals surface area contributed by atoms with Gasteiger partial charge in [0.2, 0.25) is 0 Å². The first-order chi connectivity index (χ1) is 14.1. The predicted octanol–water partition coefficient (Wildman–Crippen LogP) is 2.96. The molecule has 0 saturated carbocycles. The Morgan fingerprint density at radius 3 is 2.38 bits per heavy atom. The van der Waals surface area contributed by atoms with E-state index in [2.05, 4.69) is 63.9 Å². The Hall–Kier alpha value is -1.95. The summed E-state index contributed by atoms with van der Waals surface area (Å²) in [5, 5.41) is 10.9. The number of benzene rings is 1. The van der Waals surface area contributed by atoms with Crippen LogP contribution in [0.3, 0.4) is 0 Å². The van der Waals surface area contributed by atoms with Crippen LogP contribution in [-0.2, 0) is 6.54 Å². The molecule has 0 bridgehead atoms. The van der Waals surface area contributed by atoms with Crippen LogP contribution in [0.25, 0.3) is 0 Å². The minimum Gasteiger partial charge on any atom is -0.390 e. The zero-order valence-corrected chi connectivity index (χ0v) is 17.7. The second-order valence-corrected chi connectivity index (χ2v) is 8.77. The molecule has 0 radical (unpaired) electrons. The summed E-state index contributed by atoms with van der Waals surface area (Å²) in [5.74, 6) is 1.63. The maximum atomic E-state index is 10.9. The highest BCUT2D eigenvalue weighted by atomic mass is 16.3. The molecular formula is C24H34N4O. The summed E-state index contributed by atoms with van der Waals surface area (Å²) in [6.45, 7) is 11.1. The number of piperazine rings is 1. The number of aromatic nitrogens is 1. The van der Waals surface area contributed by atoms with Gasteiger partial charge in [-0.2, -0.15) is 0 Å². The number of hydrogen-bond acceptors (Lipinski definition) is 5. The Kier molecular flexibility index (Phi) is 6.48. The number of hydrogen-bond donors (Lipinski definition) is 1. The molecule has 0 spiro atoms. The van der Waals surface area contributed by atoms with Crippen molar-refractivity contribution in [3.63, 3.8) is 0 Å². The number of anilines is 1. The molecule has 2 atom stereocenters. The van der Waals surface area contributed by atoms with E-state index in [9.17, 15) is 5.11 Å². The number of nitrogens with zero attached hydrogens (tertiary/aromatic N) is 4. The molecule has 3 heterocycles. The molecule has 2 aliphatic rings. The lowest BCUT2D eigenvalue weighted by Gasteiger charge is -2.45. The van der Waals surface area contributed by atoms with E-state index < -0.39 is 0 Å². The molecule has 5 heteroatoms. The monoisotopic (exact) mass is 394 g/mol. The zero-order chi connectivity index (χ0) is 20.2. The third kappa shape index (κ3) is 4.97. The summed E-state index contributed by atoms with van der Waals surface area (Å²) < 4.78 is 0. The molecule has 0 amide bonds. The van der Waals surface area contributed by atoms with Crippen molar-refractivity contribution in [3.8, 4) is 0 Å². The summed E-state index contributed by atoms with van der Waals surface area (Å²) in [6.07, 6.45) is 2.62. The van der Waals surface area contributed by atoms with E-state index in [1.54, 1.807) is 0 Å². The maximum absolute atomic E-state index is 10.9. The van der Waals surface area contributed by atoms with Crippen molar-refractivity contribution in [2.45, 2.75) is 44.9 Å². The number of likely N-dealkylation sites (tertiary alicyclic amines) is 1. The van der Waals surface area contributed by atoms with Crippen LogP contribution >= 0.6 is 0 Å². The highest BCUT2D eigenvalue weighted by Crippen LogP contribution is 2.22. The van der Waals surface area contributed by atoms with Gasteiger partial charge < -0.3 is 10.0 Å². The molecule has 2 aliphatic heterocycles. The molecule has 5 nitrogen and oxygen atoms in total. The summed E-state index contributed by atoms with van der Waals surface area (Å²) >= 11 is 0. The van der Waals surface area contributed by atoms with Crippen molar-refractivity contribution < 1.29 is 5.11 Å². The molecule has 156 valence electrons. The van der Waals surface area contributed by atoms with E-state index in [-0.39, 0.29) is 12.1 Å². The van der Waals surface area contributed by atoms with E-state index in [1.807, 2.05) is 18.3 Å². The summed E-state index contributed by atoms with van der Waals surface area (Å²) in [4.78, 5) is 11.7. The molecule has 2 aromatic rings. The van der Waals surface area contributed by atoms with Crippen LogP contribution in [-0.4, -0.2) is 71.3 Å². The molecule has 1 aromatic carbocycles. The van der Waals surface area contributed by atoms with Crippen molar-refractivity contribution in [3.05, 3.63) is 59.8 Å². The Labute approximate surface area is 175 Å². The largest absolute Gasteiger partial charge is 0.390 e. The van der Waals surface area contributed by atoms with Gasteiger partial charge in [-0.25, -0.2) is 4.98 Å². The van der Waals surface area contributed by atoms with Gasteiger partial charge in [-0.1, -0.05) is 44.2 Å². The van der Waals surface area contributed by atoms with Gasteiger partial charge in [0.05, 0.1) is 6.10 Å². The van der Waals surface area contributed by atoms with Crippen LogP contribution in [0.2, 0.25) is 0 Å². The smallest absolute Gasteiger partial charge is 0.128 e. The highest BCUT2D eigenvalue weighted by Gasteiger charge is 2.33. The van der Waals surface area contributed by atoms with E-state index >= 15 is 0 Å². The fourth-order valence-corrected chi connectivity index (χ4v) is 4.64. The predicted molar refractivity (Wildman–Crippen MR) is 118 cm³/mol. The second-order valence-electron chi connectivity index (χ2n) is 8.77.